The van der Waals surface area contributed by atoms with Crippen molar-refractivity contribution in [3.05, 3.63) is 29.3 Å². The Balaban J connectivity index is 3.06. The molecule has 106 valence electrons. The van der Waals surface area contributed by atoms with Gasteiger partial charge >= 0.3 is 12.1 Å². The molecule has 0 atom stereocenters. The fourth-order valence-electron chi connectivity index (χ4n) is 1.77. The van der Waals surface area contributed by atoms with Crippen molar-refractivity contribution in [2.75, 3.05) is 24.6 Å². The lowest BCUT2D eigenvalue weighted by Crippen LogP contribution is -2.36. The van der Waals surface area contributed by atoms with Crippen molar-refractivity contribution < 1.29 is 28.2 Å². The Morgan fingerprint density at radius 2 is 2.00 bits per heavy atom. The molecular weight excluding hydrogens is 263 g/mol. The molecule has 0 spiro atoms. The van der Waals surface area contributed by atoms with Gasteiger partial charge in [-0.2, -0.15) is 13.2 Å². The zero-order valence-electron chi connectivity index (χ0n) is 10.2. The first-order chi connectivity index (χ1) is 8.74. The number of alkyl halides is 3. The van der Waals surface area contributed by atoms with Crippen molar-refractivity contribution in [3.8, 4) is 0 Å². The number of halogens is 3. The smallest absolute Gasteiger partial charge is 0.405 e. The van der Waals surface area contributed by atoms with Gasteiger partial charge in [0.15, 0.2) is 0 Å². The molecule has 4 nitrogen and oxygen atoms in total. The van der Waals surface area contributed by atoms with Crippen molar-refractivity contribution >= 4 is 11.7 Å². The van der Waals surface area contributed by atoms with Crippen LogP contribution in [-0.2, 0) is 0 Å². The largest absolute Gasteiger partial charge is 0.478 e. The van der Waals surface area contributed by atoms with E-state index in [0.717, 1.165) is 4.90 Å². The average molecular weight is 277 g/mol. The number of aliphatic hydroxyl groups is 1. The summed E-state index contributed by atoms with van der Waals surface area (Å²) < 4.78 is 37.3. The fourth-order valence-corrected chi connectivity index (χ4v) is 1.77. The van der Waals surface area contributed by atoms with Crippen molar-refractivity contribution in [2.45, 2.75) is 13.1 Å². The van der Waals surface area contributed by atoms with Gasteiger partial charge in [0.25, 0.3) is 0 Å². The topological polar surface area (TPSA) is 60.8 Å². The quantitative estimate of drug-likeness (QED) is 0.864. The maximum atomic E-state index is 12.4. The van der Waals surface area contributed by atoms with Gasteiger partial charge in [0.2, 0.25) is 0 Å². The summed E-state index contributed by atoms with van der Waals surface area (Å²) in [6.07, 6.45) is -4.40. The van der Waals surface area contributed by atoms with Crippen LogP contribution in [0.3, 0.4) is 0 Å². The second kappa shape index (κ2) is 5.92. The summed E-state index contributed by atoms with van der Waals surface area (Å²) in [5.74, 6) is -1.14. The van der Waals surface area contributed by atoms with Crippen LogP contribution in [0, 0.1) is 6.92 Å². The van der Waals surface area contributed by atoms with Crippen LogP contribution in [0.2, 0.25) is 0 Å². The molecule has 0 saturated heterocycles. The molecule has 1 rings (SSSR count). The molecule has 0 saturated carbocycles. The molecule has 7 heteroatoms. The molecule has 0 fully saturated rings. The van der Waals surface area contributed by atoms with Crippen LogP contribution in [0.5, 0.6) is 0 Å². The first kappa shape index (κ1) is 15.3. The number of aromatic carboxylic acids is 1. The molecule has 1 aromatic rings. The fraction of sp³-hybridized carbons (Fsp3) is 0.417. The van der Waals surface area contributed by atoms with E-state index in [1.54, 1.807) is 0 Å². The molecule has 0 aliphatic carbocycles. The standard InChI is InChI=1S/C12H14F3NO3/c1-8-6-9(11(18)19)2-3-10(8)16(4-5-17)7-12(13,14)15/h2-3,6,17H,4-5,7H2,1H3,(H,18,19). The van der Waals surface area contributed by atoms with Crippen molar-refractivity contribution in [1.29, 1.82) is 0 Å². The minimum Gasteiger partial charge on any atom is -0.478 e. The summed E-state index contributed by atoms with van der Waals surface area (Å²) >= 11 is 0. The monoisotopic (exact) mass is 277 g/mol. The number of carboxylic acids is 1. The predicted molar refractivity (Wildman–Crippen MR) is 63.5 cm³/mol. The van der Waals surface area contributed by atoms with Crippen LogP contribution < -0.4 is 4.90 Å². The zero-order chi connectivity index (χ0) is 14.6. The van der Waals surface area contributed by atoms with Crippen molar-refractivity contribution in [2.24, 2.45) is 0 Å². The van der Waals surface area contributed by atoms with Gasteiger partial charge in [0.05, 0.1) is 12.2 Å². The maximum Gasteiger partial charge on any atom is 0.405 e. The second-order valence-electron chi connectivity index (χ2n) is 4.07. The number of rotatable bonds is 5. The number of nitrogens with zero attached hydrogens (tertiary/aromatic N) is 1. The summed E-state index contributed by atoms with van der Waals surface area (Å²) in [6.45, 7) is -0.258. The maximum absolute atomic E-state index is 12.4. The summed E-state index contributed by atoms with van der Waals surface area (Å²) in [5, 5.41) is 17.6. The lowest BCUT2D eigenvalue weighted by Gasteiger charge is -2.26. The molecule has 1 aromatic carbocycles. The highest BCUT2D eigenvalue weighted by Gasteiger charge is 2.31. The van der Waals surface area contributed by atoms with Gasteiger partial charge in [-0.1, -0.05) is 0 Å². The van der Waals surface area contributed by atoms with Crippen LogP contribution in [0.1, 0.15) is 15.9 Å². The third-order valence-corrected chi connectivity index (χ3v) is 2.52. The Bertz CT molecular complexity index is 460. The number of carboxylic acid groups (broad SMARTS) is 1. The van der Waals surface area contributed by atoms with E-state index in [0.29, 0.717) is 5.56 Å². The Kier molecular flexibility index (Phi) is 4.77. The number of carbonyl (C=O) groups is 1. The van der Waals surface area contributed by atoms with E-state index in [1.165, 1.54) is 25.1 Å². The predicted octanol–water partition coefficient (Wildman–Crippen LogP) is 2.05. The van der Waals surface area contributed by atoms with E-state index in [4.69, 9.17) is 10.2 Å². The van der Waals surface area contributed by atoms with Crippen molar-refractivity contribution in [1.82, 2.24) is 0 Å². The number of benzene rings is 1. The first-order valence-corrected chi connectivity index (χ1v) is 5.51. The van der Waals surface area contributed by atoms with E-state index < -0.39 is 25.3 Å². The average Bonchev–Trinajstić information content (AvgIpc) is 2.26. The molecule has 2 N–H and O–H groups in total. The van der Waals surface area contributed by atoms with E-state index >= 15 is 0 Å². The number of aryl methyl sites for hydroxylation is 1. The van der Waals surface area contributed by atoms with Gasteiger partial charge < -0.3 is 15.1 Å². The third kappa shape index (κ3) is 4.44. The molecule has 0 bridgehead atoms. The van der Waals surface area contributed by atoms with Crippen LogP contribution in [0.25, 0.3) is 0 Å². The highest BCUT2D eigenvalue weighted by Crippen LogP contribution is 2.25. The lowest BCUT2D eigenvalue weighted by atomic mass is 10.1. The van der Waals surface area contributed by atoms with Crippen LogP contribution in [0.15, 0.2) is 18.2 Å². The molecule has 0 amide bonds. The number of hydrogen-bond donors (Lipinski definition) is 2. The van der Waals surface area contributed by atoms with E-state index in [-0.39, 0.29) is 17.8 Å². The van der Waals surface area contributed by atoms with Gasteiger partial charge in [0.1, 0.15) is 6.54 Å². The molecule has 0 aromatic heterocycles. The number of aliphatic hydroxyl groups excluding tert-OH is 1. The summed E-state index contributed by atoms with van der Waals surface area (Å²) in [4.78, 5) is 11.7. The normalized spacial score (nSPS) is 11.4. The molecule has 0 radical (unpaired) electrons. The van der Waals surface area contributed by atoms with Gasteiger partial charge in [-0.15, -0.1) is 0 Å². The molecule has 19 heavy (non-hydrogen) atoms. The summed E-state index contributed by atoms with van der Waals surface area (Å²) in [5.41, 5.74) is 0.686. The Labute approximate surface area is 108 Å². The Morgan fingerprint density at radius 3 is 2.42 bits per heavy atom. The Hall–Kier alpha value is -1.76. The number of anilines is 1. The van der Waals surface area contributed by atoms with Gasteiger partial charge in [-0.3, -0.25) is 0 Å². The summed E-state index contributed by atoms with van der Waals surface area (Å²) in [6, 6.07) is 3.87. The SMILES string of the molecule is Cc1cc(C(=O)O)ccc1N(CCO)CC(F)(F)F. The molecule has 0 aliphatic rings. The highest BCUT2D eigenvalue weighted by molar-refractivity contribution is 5.88. The third-order valence-electron chi connectivity index (χ3n) is 2.52. The van der Waals surface area contributed by atoms with E-state index in [9.17, 15) is 18.0 Å². The van der Waals surface area contributed by atoms with Crippen LogP contribution >= 0.6 is 0 Å². The molecule has 0 aliphatic heterocycles. The summed E-state index contributed by atoms with van der Waals surface area (Å²) in [7, 11) is 0. The van der Waals surface area contributed by atoms with Gasteiger partial charge in [-0.05, 0) is 30.7 Å². The highest BCUT2D eigenvalue weighted by atomic mass is 19.4. The first-order valence-electron chi connectivity index (χ1n) is 5.51. The second-order valence-corrected chi connectivity index (χ2v) is 4.07. The van der Waals surface area contributed by atoms with Crippen LogP contribution in [-0.4, -0.2) is 42.1 Å². The molecule has 0 heterocycles. The zero-order valence-corrected chi connectivity index (χ0v) is 10.2. The van der Waals surface area contributed by atoms with Crippen LogP contribution in [0.4, 0.5) is 18.9 Å². The lowest BCUT2D eigenvalue weighted by molar-refractivity contribution is -0.119. The van der Waals surface area contributed by atoms with Crippen molar-refractivity contribution in [3.63, 3.8) is 0 Å². The number of hydrogen-bond acceptors (Lipinski definition) is 3. The minimum atomic E-state index is -4.40. The van der Waals surface area contributed by atoms with Gasteiger partial charge in [0, 0.05) is 12.2 Å². The molecule has 0 unspecified atom stereocenters. The Morgan fingerprint density at radius 1 is 1.37 bits per heavy atom. The minimum absolute atomic E-state index is 0.0113. The van der Waals surface area contributed by atoms with E-state index in [2.05, 4.69) is 0 Å². The molecular formula is C12H14F3NO3. The van der Waals surface area contributed by atoms with E-state index in [1.807, 2.05) is 0 Å². The van der Waals surface area contributed by atoms with Gasteiger partial charge in [-0.25, -0.2) is 4.79 Å².